The number of amides is 2. The van der Waals surface area contributed by atoms with Crippen LogP contribution in [0.5, 0.6) is 0 Å². The molecule has 5 nitrogen and oxygen atoms in total. The fraction of sp³-hybridized carbons (Fsp3) is 0.857. The minimum atomic E-state index is -0.285. The summed E-state index contributed by atoms with van der Waals surface area (Å²) in [6.07, 6.45) is 3.15. The van der Waals surface area contributed by atoms with Crippen LogP contribution in [0.3, 0.4) is 0 Å². The molecule has 1 saturated heterocycles. The van der Waals surface area contributed by atoms with Crippen molar-refractivity contribution in [2.45, 2.75) is 52.5 Å². The summed E-state index contributed by atoms with van der Waals surface area (Å²) in [5.74, 6) is 0.0714. The van der Waals surface area contributed by atoms with Gasteiger partial charge in [0.15, 0.2) is 0 Å². The van der Waals surface area contributed by atoms with Crippen molar-refractivity contribution < 1.29 is 9.59 Å². The van der Waals surface area contributed by atoms with Crippen LogP contribution < -0.4 is 16.0 Å². The third-order valence-electron chi connectivity index (χ3n) is 3.72. The second kappa shape index (κ2) is 7.48. The maximum atomic E-state index is 12.3. The van der Waals surface area contributed by atoms with Crippen molar-refractivity contribution in [2.24, 2.45) is 5.41 Å². The van der Waals surface area contributed by atoms with E-state index in [2.05, 4.69) is 22.9 Å². The fourth-order valence-electron chi connectivity index (χ4n) is 2.50. The Kier molecular flexibility index (Phi) is 6.28. The van der Waals surface area contributed by atoms with Crippen molar-refractivity contribution in [3.05, 3.63) is 0 Å². The number of hydrogen-bond acceptors (Lipinski definition) is 3. The first-order valence-corrected chi connectivity index (χ1v) is 7.28. The lowest BCUT2D eigenvalue weighted by Crippen LogP contribution is -2.50. The molecule has 3 N–H and O–H groups in total. The Hall–Kier alpha value is -1.10. The Bertz CT molecular complexity index is 310. The van der Waals surface area contributed by atoms with Crippen LogP contribution in [0, 0.1) is 5.41 Å². The molecule has 0 aliphatic carbocycles. The van der Waals surface area contributed by atoms with E-state index in [0.717, 1.165) is 32.4 Å². The van der Waals surface area contributed by atoms with E-state index in [1.165, 1.54) is 0 Å². The Labute approximate surface area is 115 Å². The maximum Gasteiger partial charge on any atom is 0.227 e. The molecule has 1 rings (SSSR count). The molecule has 0 bridgehead atoms. The van der Waals surface area contributed by atoms with Crippen molar-refractivity contribution in [2.75, 3.05) is 19.6 Å². The molecule has 110 valence electrons. The molecular weight excluding hydrogens is 242 g/mol. The quantitative estimate of drug-likeness (QED) is 0.668. The fourth-order valence-corrected chi connectivity index (χ4v) is 2.50. The van der Waals surface area contributed by atoms with Crippen LogP contribution in [-0.4, -0.2) is 37.5 Å². The minimum Gasteiger partial charge on any atom is -0.355 e. The van der Waals surface area contributed by atoms with Crippen molar-refractivity contribution in [3.8, 4) is 0 Å². The average Bonchev–Trinajstić information content (AvgIpc) is 2.38. The van der Waals surface area contributed by atoms with Gasteiger partial charge in [0.25, 0.3) is 0 Å². The van der Waals surface area contributed by atoms with Gasteiger partial charge in [-0.1, -0.05) is 6.92 Å². The third kappa shape index (κ3) is 4.82. The van der Waals surface area contributed by atoms with Crippen molar-refractivity contribution in [3.63, 3.8) is 0 Å². The number of carbonyl (C=O) groups excluding carboxylic acids is 2. The number of piperidine rings is 1. The summed E-state index contributed by atoms with van der Waals surface area (Å²) in [7, 11) is 0. The van der Waals surface area contributed by atoms with Gasteiger partial charge in [0.2, 0.25) is 11.8 Å². The van der Waals surface area contributed by atoms with Gasteiger partial charge in [0.05, 0.1) is 5.41 Å². The van der Waals surface area contributed by atoms with Gasteiger partial charge in [0.1, 0.15) is 0 Å². The van der Waals surface area contributed by atoms with Crippen LogP contribution in [0.4, 0.5) is 0 Å². The average molecular weight is 269 g/mol. The molecule has 1 heterocycles. The second-order valence-corrected chi connectivity index (χ2v) is 5.64. The third-order valence-corrected chi connectivity index (χ3v) is 3.72. The molecule has 2 amide bonds. The van der Waals surface area contributed by atoms with Gasteiger partial charge in [-0.25, -0.2) is 0 Å². The molecule has 0 aromatic carbocycles. The van der Waals surface area contributed by atoms with Crippen molar-refractivity contribution >= 4 is 11.8 Å². The maximum absolute atomic E-state index is 12.3. The van der Waals surface area contributed by atoms with E-state index in [0.29, 0.717) is 13.0 Å². The normalized spacial score (nSPS) is 23.2. The predicted molar refractivity (Wildman–Crippen MR) is 75.7 cm³/mol. The Morgan fingerprint density at radius 3 is 2.63 bits per heavy atom. The van der Waals surface area contributed by atoms with Gasteiger partial charge in [-0.2, -0.15) is 0 Å². The molecule has 1 atom stereocenters. The Morgan fingerprint density at radius 2 is 2.11 bits per heavy atom. The lowest BCUT2D eigenvalue weighted by molar-refractivity contribution is -0.132. The SMILES string of the molecule is CCC1(C(=O)NCCC(=O)NC(C)C)CCCNC1. The first kappa shape index (κ1) is 16.0. The van der Waals surface area contributed by atoms with Gasteiger partial charge in [-0.3, -0.25) is 9.59 Å². The standard InChI is InChI=1S/C14H27N3O2/c1-4-14(7-5-8-15-10-14)13(19)16-9-6-12(18)17-11(2)3/h11,15H,4-10H2,1-3H3,(H,16,19)(H,17,18). The van der Waals surface area contributed by atoms with Crippen molar-refractivity contribution in [1.29, 1.82) is 0 Å². The van der Waals surface area contributed by atoms with Crippen molar-refractivity contribution in [1.82, 2.24) is 16.0 Å². The molecule has 1 aliphatic rings. The van der Waals surface area contributed by atoms with E-state index in [-0.39, 0.29) is 23.3 Å². The lowest BCUT2D eigenvalue weighted by Gasteiger charge is -2.35. The highest BCUT2D eigenvalue weighted by Crippen LogP contribution is 2.30. The van der Waals surface area contributed by atoms with E-state index >= 15 is 0 Å². The highest BCUT2D eigenvalue weighted by molar-refractivity contribution is 5.84. The van der Waals surface area contributed by atoms with Gasteiger partial charge in [0, 0.05) is 25.6 Å². The highest BCUT2D eigenvalue weighted by Gasteiger charge is 2.37. The van der Waals surface area contributed by atoms with E-state index in [9.17, 15) is 9.59 Å². The summed E-state index contributed by atoms with van der Waals surface area (Å²) in [5, 5.41) is 9.02. The first-order chi connectivity index (χ1) is 9.00. The summed E-state index contributed by atoms with van der Waals surface area (Å²) in [4.78, 5) is 23.8. The zero-order valence-corrected chi connectivity index (χ0v) is 12.3. The molecule has 19 heavy (non-hydrogen) atoms. The molecule has 0 saturated carbocycles. The van der Waals surface area contributed by atoms with Gasteiger partial charge in [-0.05, 0) is 39.7 Å². The predicted octanol–water partition coefficient (Wildman–Crippen LogP) is 0.797. The summed E-state index contributed by atoms with van der Waals surface area (Å²) in [6.45, 7) is 8.06. The summed E-state index contributed by atoms with van der Waals surface area (Å²) in [6, 6.07) is 0.146. The molecule has 1 aliphatic heterocycles. The topological polar surface area (TPSA) is 70.2 Å². The Balaban J connectivity index is 2.35. The van der Waals surface area contributed by atoms with Crippen LogP contribution in [0.2, 0.25) is 0 Å². The number of hydrogen-bond donors (Lipinski definition) is 3. The Morgan fingerprint density at radius 1 is 1.37 bits per heavy atom. The van der Waals surface area contributed by atoms with E-state index in [4.69, 9.17) is 0 Å². The highest BCUT2D eigenvalue weighted by atomic mass is 16.2. The summed E-state index contributed by atoms with van der Waals surface area (Å²) < 4.78 is 0. The zero-order valence-electron chi connectivity index (χ0n) is 12.3. The van der Waals surface area contributed by atoms with E-state index < -0.39 is 0 Å². The largest absolute Gasteiger partial charge is 0.355 e. The van der Waals surface area contributed by atoms with E-state index in [1.54, 1.807) is 0 Å². The molecular formula is C14H27N3O2. The monoisotopic (exact) mass is 269 g/mol. The van der Waals surface area contributed by atoms with Gasteiger partial charge in [-0.15, -0.1) is 0 Å². The minimum absolute atomic E-state index is 0.0115. The molecule has 0 radical (unpaired) electrons. The van der Waals surface area contributed by atoms with Crippen LogP contribution in [0.25, 0.3) is 0 Å². The van der Waals surface area contributed by atoms with Crippen LogP contribution in [0.15, 0.2) is 0 Å². The van der Waals surface area contributed by atoms with Gasteiger partial charge >= 0.3 is 0 Å². The first-order valence-electron chi connectivity index (χ1n) is 7.28. The molecule has 1 unspecified atom stereocenters. The number of carbonyl (C=O) groups is 2. The smallest absolute Gasteiger partial charge is 0.227 e. The molecule has 0 spiro atoms. The number of rotatable bonds is 6. The molecule has 0 aromatic heterocycles. The molecule has 0 aromatic rings. The van der Waals surface area contributed by atoms with E-state index in [1.807, 2.05) is 13.8 Å². The molecule has 1 fully saturated rings. The van der Waals surface area contributed by atoms with Crippen LogP contribution in [0.1, 0.15) is 46.5 Å². The summed E-state index contributed by atoms with van der Waals surface area (Å²) >= 11 is 0. The second-order valence-electron chi connectivity index (χ2n) is 5.64. The summed E-state index contributed by atoms with van der Waals surface area (Å²) in [5.41, 5.74) is -0.285. The lowest BCUT2D eigenvalue weighted by atomic mass is 9.77. The van der Waals surface area contributed by atoms with Crippen LogP contribution >= 0.6 is 0 Å². The van der Waals surface area contributed by atoms with Gasteiger partial charge < -0.3 is 16.0 Å². The zero-order chi connectivity index (χ0) is 14.3. The molecule has 5 heteroatoms. The van der Waals surface area contributed by atoms with Crippen LogP contribution in [-0.2, 0) is 9.59 Å². The number of nitrogens with one attached hydrogen (secondary N) is 3.